The summed E-state index contributed by atoms with van der Waals surface area (Å²) < 4.78 is 29.1. The molecular formula is C33H34FN7O3. The highest BCUT2D eigenvalue weighted by Gasteiger charge is 2.36. The summed E-state index contributed by atoms with van der Waals surface area (Å²) in [6, 6.07) is 12.7. The second-order valence-electron chi connectivity index (χ2n) is 11.2. The minimum atomic E-state index is -0.458. The number of carbonyl (C=O) groups is 1. The number of imidazole rings is 1. The second kappa shape index (κ2) is 12.0. The molecule has 6 rings (SSSR count). The zero-order chi connectivity index (χ0) is 31.0. The molecule has 0 aliphatic carbocycles. The van der Waals surface area contributed by atoms with Crippen LogP contribution in [0.15, 0.2) is 67.8 Å². The van der Waals surface area contributed by atoms with Crippen LogP contribution in [-0.4, -0.2) is 61.1 Å². The number of piperidine rings is 1. The molecule has 0 saturated carbocycles. The largest absolute Gasteiger partial charge is 0.457 e. The molecule has 1 N–H and O–H groups in total. The number of pyridine rings is 1. The minimum Gasteiger partial charge on any atom is -0.457 e. The molecule has 3 aromatic heterocycles. The zero-order valence-electron chi connectivity index (χ0n) is 25.1. The van der Waals surface area contributed by atoms with E-state index in [9.17, 15) is 4.79 Å². The van der Waals surface area contributed by atoms with Crippen LogP contribution in [0, 0.1) is 12.7 Å². The zero-order valence-corrected chi connectivity index (χ0v) is 25.1. The molecule has 0 bridgehead atoms. The summed E-state index contributed by atoms with van der Waals surface area (Å²) in [7, 11) is 3.56. The lowest BCUT2D eigenvalue weighted by Gasteiger charge is -2.43. The Balaban J connectivity index is 1.26. The molecule has 1 aliphatic rings. The Hall–Kier alpha value is -4.90. The fraction of sp³-hybridized carbons (Fsp3) is 0.303. The number of anilines is 2. The van der Waals surface area contributed by atoms with Crippen molar-refractivity contribution in [2.45, 2.75) is 44.7 Å². The van der Waals surface area contributed by atoms with Gasteiger partial charge in [-0.05, 0) is 69.2 Å². The van der Waals surface area contributed by atoms with E-state index < -0.39 is 5.82 Å². The summed E-state index contributed by atoms with van der Waals surface area (Å²) in [5.41, 5.74) is 4.39. The Bertz CT molecular complexity index is 1870. The molecule has 3 unspecified atom stereocenters. The van der Waals surface area contributed by atoms with Crippen molar-refractivity contribution < 1.29 is 18.7 Å². The van der Waals surface area contributed by atoms with Crippen molar-refractivity contribution in [3.05, 3.63) is 84.8 Å². The van der Waals surface area contributed by atoms with Crippen LogP contribution < -0.4 is 10.1 Å². The van der Waals surface area contributed by atoms with Gasteiger partial charge in [0.05, 0.1) is 41.2 Å². The number of hydrogen-bond donors (Lipinski definition) is 1. The number of aryl methyl sites for hydroxylation is 1. The van der Waals surface area contributed by atoms with Crippen molar-refractivity contribution in [1.82, 2.24) is 29.4 Å². The predicted molar refractivity (Wildman–Crippen MR) is 167 cm³/mol. The van der Waals surface area contributed by atoms with E-state index in [1.165, 1.54) is 12.4 Å². The summed E-state index contributed by atoms with van der Waals surface area (Å²) in [5, 5.41) is 3.13. The number of likely N-dealkylation sites (tertiary alicyclic amines) is 1. The van der Waals surface area contributed by atoms with Gasteiger partial charge in [-0.1, -0.05) is 6.58 Å². The maximum absolute atomic E-state index is 15.7. The standard InChI is InChI=1S/C33H34FN7O3/c1-6-30(42)41-19(2)13-21(14-22(41)16-43-5)24-8-9-26-32(38-24)33(36-17-35-26)39-25-10-12-29(20(3)31(25)34)44-23-7-11-28-27(15-23)37-18-40(28)4/h6-12,15,17-19,21-22H,1,13-14,16H2,2-5H3,(H,35,36,39). The highest BCUT2D eigenvalue weighted by molar-refractivity contribution is 5.88. The van der Waals surface area contributed by atoms with Crippen LogP contribution in [-0.2, 0) is 16.6 Å². The minimum absolute atomic E-state index is 0.0230. The van der Waals surface area contributed by atoms with Gasteiger partial charge in [0.25, 0.3) is 0 Å². The SMILES string of the molecule is C=CC(=O)N1C(C)CC(c2ccc3ncnc(Nc4ccc(Oc5ccc6c(c5)ncn6C)c(C)c4F)c3n2)CC1COC. The van der Waals surface area contributed by atoms with Gasteiger partial charge in [-0.25, -0.2) is 24.3 Å². The molecule has 11 heteroatoms. The molecule has 1 fully saturated rings. The molecule has 5 aromatic rings. The summed E-state index contributed by atoms with van der Waals surface area (Å²) in [6.07, 6.45) is 5.94. The first-order chi connectivity index (χ1) is 21.3. The van der Waals surface area contributed by atoms with Crippen molar-refractivity contribution in [3.63, 3.8) is 0 Å². The van der Waals surface area contributed by atoms with Crippen LogP contribution in [0.1, 0.15) is 36.9 Å². The third kappa shape index (κ3) is 5.46. The van der Waals surface area contributed by atoms with Gasteiger partial charge in [-0.3, -0.25) is 4.79 Å². The fourth-order valence-electron chi connectivity index (χ4n) is 6.09. The van der Waals surface area contributed by atoms with Crippen molar-refractivity contribution in [2.24, 2.45) is 7.05 Å². The number of nitrogens with zero attached hydrogens (tertiary/aromatic N) is 6. The first-order valence-electron chi connectivity index (χ1n) is 14.5. The van der Waals surface area contributed by atoms with Crippen LogP contribution >= 0.6 is 0 Å². The molecule has 1 saturated heterocycles. The third-order valence-electron chi connectivity index (χ3n) is 8.27. The van der Waals surface area contributed by atoms with Crippen molar-refractivity contribution in [1.29, 1.82) is 0 Å². The van der Waals surface area contributed by atoms with Crippen LogP contribution in [0.4, 0.5) is 15.9 Å². The van der Waals surface area contributed by atoms with E-state index in [1.54, 1.807) is 32.5 Å². The van der Waals surface area contributed by atoms with E-state index in [4.69, 9.17) is 14.5 Å². The van der Waals surface area contributed by atoms with Gasteiger partial charge in [-0.2, -0.15) is 0 Å². The predicted octanol–water partition coefficient (Wildman–Crippen LogP) is 6.19. The summed E-state index contributed by atoms with van der Waals surface area (Å²) >= 11 is 0. The Morgan fingerprint density at radius 1 is 1.14 bits per heavy atom. The van der Waals surface area contributed by atoms with Crippen LogP contribution in [0.2, 0.25) is 0 Å². The number of hydrogen-bond acceptors (Lipinski definition) is 8. The number of benzene rings is 2. The number of aromatic nitrogens is 5. The fourth-order valence-corrected chi connectivity index (χ4v) is 6.09. The number of amides is 1. The average Bonchev–Trinajstić information content (AvgIpc) is 3.40. The van der Waals surface area contributed by atoms with Gasteiger partial charge in [0.2, 0.25) is 5.91 Å². The third-order valence-corrected chi connectivity index (χ3v) is 8.27. The number of methoxy groups -OCH3 is 1. The average molecular weight is 596 g/mol. The summed E-state index contributed by atoms with van der Waals surface area (Å²) in [4.78, 5) is 32.5. The number of carbonyl (C=O) groups excluding carboxylic acids is 1. The maximum atomic E-state index is 15.7. The quantitative estimate of drug-likeness (QED) is 0.212. The van der Waals surface area contributed by atoms with Gasteiger partial charge >= 0.3 is 0 Å². The molecule has 4 heterocycles. The monoisotopic (exact) mass is 595 g/mol. The van der Waals surface area contributed by atoms with Crippen LogP contribution in [0.3, 0.4) is 0 Å². The van der Waals surface area contributed by atoms with Crippen LogP contribution in [0.5, 0.6) is 11.5 Å². The molecular weight excluding hydrogens is 561 g/mol. The number of halogens is 1. The lowest BCUT2D eigenvalue weighted by atomic mass is 9.84. The highest BCUT2D eigenvalue weighted by atomic mass is 19.1. The van der Waals surface area contributed by atoms with Gasteiger partial charge in [-0.15, -0.1) is 0 Å². The smallest absolute Gasteiger partial charge is 0.246 e. The number of ether oxygens (including phenoxy) is 2. The Kier molecular flexibility index (Phi) is 7.96. The number of nitrogens with one attached hydrogen (secondary N) is 1. The Labute approximate surface area is 254 Å². The van der Waals surface area contributed by atoms with Gasteiger partial charge < -0.3 is 24.3 Å². The van der Waals surface area contributed by atoms with E-state index in [1.807, 2.05) is 53.8 Å². The lowest BCUT2D eigenvalue weighted by molar-refractivity contribution is -0.134. The Morgan fingerprint density at radius 2 is 1.98 bits per heavy atom. The molecule has 1 aliphatic heterocycles. The van der Waals surface area contributed by atoms with Crippen LogP contribution in [0.25, 0.3) is 22.1 Å². The molecule has 0 radical (unpaired) electrons. The first kappa shape index (κ1) is 29.2. The van der Waals surface area contributed by atoms with Gasteiger partial charge in [0, 0.05) is 43.4 Å². The second-order valence-corrected chi connectivity index (χ2v) is 11.2. The van der Waals surface area contributed by atoms with Crippen molar-refractivity contribution in [2.75, 3.05) is 19.0 Å². The molecule has 10 nitrogen and oxygen atoms in total. The Morgan fingerprint density at radius 3 is 2.77 bits per heavy atom. The number of fused-ring (bicyclic) bond motifs is 2. The summed E-state index contributed by atoms with van der Waals surface area (Å²) in [6.45, 7) is 7.78. The van der Waals surface area contributed by atoms with E-state index >= 15 is 4.39 Å². The van der Waals surface area contributed by atoms with E-state index in [2.05, 4.69) is 26.8 Å². The van der Waals surface area contributed by atoms with E-state index in [-0.39, 0.29) is 29.6 Å². The van der Waals surface area contributed by atoms with Gasteiger partial charge in [0.15, 0.2) is 11.6 Å². The molecule has 3 atom stereocenters. The van der Waals surface area contributed by atoms with Gasteiger partial charge in [0.1, 0.15) is 23.3 Å². The molecule has 226 valence electrons. The topological polar surface area (TPSA) is 107 Å². The maximum Gasteiger partial charge on any atom is 0.246 e. The highest BCUT2D eigenvalue weighted by Crippen LogP contribution is 2.37. The lowest BCUT2D eigenvalue weighted by Crippen LogP contribution is -2.52. The molecule has 1 amide bonds. The van der Waals surface area contributed by atoms with E-state index in [0.29, 0.717) is 46.9 Å². The summed E-state index contributed by atoms with van der Waals surface area (Å²) in [5.74, 6) is 0.881. The molecule has 44 heavy (non-hydrogen) atoms. The normalized spacial score (nSPS) is 18.5. The molecule has 2 aromatic carbocycles. The van der Waals surface area contributed by atoms with Crippen molar-refractivity contribution >= 4 is 39.5 Å². The molecule has 0 spiro atoms. The number of rotatable bonds is 8. The first-order valence-corrected chi connectivity index (χ1v) is 14.5. The van der Waals surface area contributed by atoms with Crippen molar-refractivity contribution in [3.8, 4) is 11.5 Å². The van der Waals surface area contributed by atoms with E-state index in [0.717, 1.165) is 23.1 Å².